The van der Waals surface area contributed by atoms with Crippen molar-refractivity contribution >= 4 is 15.1 Å². The van der Waals surface area contributed by atoms with Crippen molar-refractivity contribution in [1.29, 1.82) is 0 Å². The van der Waals surface area contributed by atoms with E-state index in [4.69, 9.17) is 0 Å². The van der Waals surface area contributed by atoms with Crippen molar-refractivity contribution < 1.29 is 0 Å². The molecule has 1 rings (SSSR count). The molecule has 0 saturated heterocycles. The predicted molar refractivity (Wildman–Crippen MR) is 60.2 cm³/mol. The SMILES string of the molecule is BCCBCc1ccc(C)cc1. The van der Waals surface area contributed by atoms with E-state index in [-0.39, 0.29) is 0 Å². The second-order valence-corrected chi connectivity index (χ2v) is 3.44. The molecular weight excluding hydrogens is 142 g/mol. The first-order chi connectivity index (χ1) is 5.83. The summed E-state index contributed by atoms with van der Waals surface area (Å²) in [5.74, 6) is 0. The highest BCUT2D eigenvalue weighted by Gasteiger charge is 1.93. The number of hydrogen-bond donors (Lipinski definition) is 0. The largest absolute Gasteiger partial charge is 0.125 e. The van der Waals surface area contributed by atoms with Crippen molar-refractivity contribution in [2.45, 2.75) is 25.9 Å². The average Bonchev–Trinajstić information content (AvgIpc) is 2.09. The van der Waals surface area contributed by atoms with Gasteiger partial charge in [-0.1, -0.05) is 54.4 Å². The van der Waals surface area contributed by atoms with Crippen LogP contribution in [0.4, 0.5) is 0 Å². The Morgan fingerprint density at radius 3 is 2.50 bits per heavy atom. The van der Waals surface area contributed by atoms with Gasteiger partial charge in [-0.25, -0.2) is 0 Å². The molecule has 0 nitrogen and oxygen atoms in total. The lowest BCUT2D eigenvalue weighted by atomic mass is 9.65. The fourth-order valence-electron chi connectivity index (χ4n) is 1.33. The van der Waals surface area contributed by atoms with Crippen molar-refractivity contribution in [2.24, 2.45) is 0 Å². The van der Waals surface area contributed by atoms with Crippen molar-refractivity contribution in [3.05, 3.63) is 35.4 Å². The van der Waals surface area contributed by atoms with Gasteiger partial charge in [0.25, 0.3) is 0 Å². The van der Waals surface area contributed by atoms with Crippen LogP contribution in [-0.4, -0.2) is 15.1 Å². The van der Waals surface area contributed by atoms with Crippen LogP contribution in [0.1, 0.15) is 11.1 Å². The molecule has 1 aromatic rings. The Balaban J connectivity index is 2.37. The lowest BCUT2D eigenvalue weighted by Gasteiger charge is -1.99. The predicted octanol–water partition coefficient (Wildman–Crippen LogP) is 1.40. The molecule has 0 radical (unpaired) electrons. The molecule has 0 unspecified atom stereocenters. The van der Waals surface area contributed by atoms with E-state index in [0.29, 0.717) is 0 Å². The zero-order valence-electron chi connectivity index (χ0n) is 8.14. The molecule has 0 aliphatic carbocycles. The molecule has 0 bridgehead atoms. The fourth-order valence-corrected chi connectivity index (χ4v) is 1.33. The van der Waals surface area contributed by atoms with E-state index in [1.54, 1.807) is 0 Å². The van der Waals surface area contributed by atoms with E-state index < -0.39 is 0 Å². The first kappa shape index (κ1) is 9.44. The maximum atomic E-state index is 2.25. The molecule has 0 aliphatic heterocycles. The molecule has 12 heavy (non-hydrogen) atoms. The van der Waals surface area contributed by atoms with Gasteiger partial charge in [0.15, 0.2) is 0 Å². The highest BCUT2D eigenvalue weighted by atomic mass is 13.9. The number of rotatable bonds is 4. The molecule has 0 aliphatic rings. The summed E-state index contributed by atoms with van der Waals surface area (Å²) in [5.41, 5.74) is 2.84. The van der Waals surface area contributed by atoms with Gasteiger partial charge in [0.1, 0.15) is 7.28 Å². The van der Waals surface area contributed by atoms with E-state index >= 15 is 0 Å². The third-order valence-electron chi connectivity index (χ3n) is 2.19. The second-order valence-electron chi connectivity index (χ2n) is 3.44. The van der Waals surface area contributed by atoms with Crippen LogP contribution in [0.25, 0.3) is 0 Å². The van der Waals surface area contributed by atoms with E-state index in [1.807, 2.05) is 0 Å². The van der Waals surface area contributed by atoms with E-state index in [2.05, 4.69) is 39.0 Å². The quantitative estimate of drug-likeness (QED) is 0.458. The normalized spacial score (nSPS) is 9.75. The summed E-state index contributed by atoms with van der Waals surface area (Å²) >= 11 is 0. The smallest absolute Gasteiger partial charge is 0.0876 e. The van der Waals surface area contributed by atoms with Crippen LogP contribution in [0.5, 0.6) is 0 Å². The van der Waals surface area contributed by atoms with Gasteiger partial charge in [-0.3, -0.25) is 0 Å². The molecule has 0 atom stereocenters. The van der Waals surface area contributed by atoms with Gasteiger partial charge in [0.2, 0.25) is 0 Å². The Kier molecular flexibility index (Phi) is 3.99. The Bertz CT molecular complexity index is 216. The van der Waals surface area contributed by atoms with Crippen LogP contribution < -0.4 is 0 Å². The minimum Gasteiger partial charge on any atom is -0.0876 e. The first-order valence-electron chi connectivity index (χ1n) is 4.88. The maximum Gasteiger partial charge on any atom is 0.125 e. The fraction of sp³-hybridized carbons (Fsp3) is 0.400. The Labute approximate surface area is 77.0 Å². The molecule has 0 spiro atoms. The highest BCUT2D eigenvalue weighted by molar-refractivity contribution is 6.36. The van der Waals surface area contributed by atoms with Gasteiger partial charge in [0, 0.05) is 0 Å². The summed E-state index contributed by atoms with van der Waals surface area (Å²) in [4.78, 5) is 0. The number of hydrogen-bond acceptors (Lipinski definition) is 0. The first-order valence-corrected chi connectivity index (χ1v) is 4.88. The van der Waals surface area contributed by atoms with Crippen LogP contribution in [0.15, 0.2) is 24.3 Å². The standard InChI is InChI=1S/C10H16B2/c1-9-2-4-10(5-3-9)8-12-7-6-11/h2-5,12H,6-8,11H2,1H3. The summed E-state index contributed by atoms with van der Waals surface area (Å²) in [5, 5.41) is 0. The zero-order valence-corrected chi connectivity index (χ0v) is 8.14. The molecule has 0 N–H and O–H groups in total. The van der Waals surface area contributed by atoms with Gasteiger partial charge < -0.3 is 0 Å². The minimum absolute atomic E-state index is 1.24. The molecule has 0 fully saturated rings. The maximum absolute atomic E-state index is 2.25. The number of aryl methyl sites for hydroxylation is 1. The third kappa shape index (κ3) is 3.17. The topological polar surface area (TPSA) is 0 Å². The molecule has 0 heterocycles. The molecule has 0 aromatic heterocycles. The van der Waals surface area contributed by atoms with Crippen LogP contribution in [0.3, 0.4) is 0 Å². The van der Waals surface area contributed by atoms with Crippen molar-refractivity contribution in [3.8, 4) is 0 Å². The molecule has 0 saturated carbocycles. The van der Waals surface area contributed by atoms with Crippen molar-refractivity contribution in [3.63, 3.8) is 0 Å². The van der Waals surface area contributed by atoms with Crippen LogP contribution in [-0.2, 0) is 6.32 Å². The van der Waals surface area contributed by atoms with Gasteiger partial charge in [-0.05, 0) is 6.92 Å². The van der Waals surface area contributed by atoms with E-state index in [1.165, 1.54) is 37.4 Å². The lowest BCUT2D eigenvalue weighted by Crippen LogP contribution is -1.95. The highest BCUT2D eigenvalue weighted by Crippen LogP contribution is 2.03. The van der Waals surface area contributed by atoms with Gasteiger partial charge in [-0.2, -0.15) is 0 Å². The van der Waals surface area contributed by atoms with E-state index in [0.717, 1.165) is 0 Å². The molecule has 62 valence electrons. The summed E-state index contributed by atoms with van der Waals surface area (Å²) < 4.78 is 0. The number of benzene rings is 1. The van der Waals surface area contributed by atoms with Gasteiger partial charge >= 0.3 is 0 Å². The molecule has 0 amide bonds. The third-order valence-corrected chi connectivity index (χ3v) is 2.19. The second kappa shape index (κ2) is 5.08. The summed E-state index contributed by atoms with van der Waals surface area (Å²) in [6.45, 7) is 2.13. The Morgan fingerprint density at radius 2 is 1.92 bits per heavy atom. The zero-order chi connectivity index (χ0) is 8.81. The van der Waals surface area contributed by atoms with Gasteiger partial charge in [-0.15, -0.1) is 0 Å². The van der Waals surface area contributed by atoms with Crippen LogP contribution >= 0.6 is 0 Å². The van der Waals surface area contributed by atoms with Crippen LogP contribution in [0, 0.1) is 6.92 Å². The average molecular weight is 158 g/mol. The monoisotopic (exact) mass is 158 g/mol. The Hall–Kier alpha value is -0.650. The summed E-state index contributed by atoms with van der Waals surface area (Å²) in [6, 6.07) is 8.87. The summed E-state index contributed by atoms with van der Waals surface area (Å²) in [7, 11) is 3.58. The van der Waals surface area contributed by atoms with Crippen molar-refractivity contribution in [1.82, 2.24) is 0 Å². The van der Waals surface area contributed by atoms with E-state index in [9.17, 15) is 0 Å². The molecule has 1 aromatic carbocycles. The van der Waals surface area contributed by atoms with Crippen molar-refractivity contribution in [2.75, 3.05) is 0 Å². The molecule has 2 heteroatoms. The van der Waals surface area contributed by atoms with Crippen LogP contribution in [0.2, 0.25) is 12.6 Å². The molecular formula is C10H16B2. The summed E-state index contributed by atoms with van der Waals surface area (Å²) in [6.07, 6.45) is 3.91. The minimum atomic E-state index is 1.24. The Morgan fingerprint density at radius 1 is 1.25 bits per heavy atom. The lowest BCUT2D eigenvalue weighted by molar-refractivity contribution is 1.31. The van der Waals surface area contributed by atoms with Gasteiger partial charge in [0.05, 0.1) is 7.85 Å².